The Balaban J connectivity index is 0.00000208. The monoisotopic (exact) mass is 455 g/mol. The highest BCUT2D eigenvalue weighted by molar-refractivity contribution is 14.0. The summed E-state index contributed by atoms with van der Waals surface area (Å²) in [6.07, 6.45) is 2.92. The number of aliphatic imine (C=N–C) groups is 1. The van der Waals surface area contributed by atoms with E-state index in [1.54, 1.807) is 18.4 Å². The number of imidazole rings is 1. The number of rotatable bonds is 6. The minimum atomic E-state index is 0. The summed E-state index contributed by atoms with van der Waals surface area (Å²) in [5, 5.41) is 10.9. The van der Waals surface area contributed by atoms with Crippen molar-refractivity contribution in [3.05, 3.63) is 53.0 Å². The second kappa shape index (κ2) is 9.63. The fourth-order valence-electron chi connectivity index (χ4n) is 2.44. The molecule has 0 atom stereocenters. The normalized spacial score (nSPS) is 11.3. The molecule has 128 valence electrons. The first-order valence-corrected chi connectivity index (χ1v) is 8.66. The number of hydrogen-bond acceptors (Lipinski definition) is 3. The van der Waals surface area contributed by atoms with E-state index in [0.29, 0.717) is 0 Å². The number of guanidine groups is 1. The SMILES string of the molecule is CN=C(NCCCn1cnc2ccccc21)NCc1ccsc1.I. The maximum absolute atomic E-state index is 4.41. The van der Waals surface area contributed by atoms with Gasteiger partial charge in [-0.15, -0.1) is 24.0 Å². The van der Waals surface area contributed by atoms with Crippen LogP contribution in [0.25, 0.3) is 11.0 Å². The van der Waals surface area contributed by atoms with Gasteiger partial charge in [-0.2, -0.15) is 11.3 Å². The molecule has 0 aliphatic heterocycles. The molecule has 0 saturated carbocycles. The van der Waals surface area contributed by atoms with E-state index in [9.17, 15) is 0 Å². The molecule has 0 aliphatic carbocycles. The van der Waals surface area contributed by atoms with Gasteiger partial charge in [0.15, 0.2) is 5.96 Å². The van der Waals surface area contributed by atoms with Crippen LogP contribution in [0.2, 0.25) is 0 Å². The Hall–Kier alpha value is -1.61. The number of para-hydroxylation sites is 2. The fourth-order valence-corrected chi connectivity index (χ4v) is 3.11. The number of nitrogens with one attached hydrogen (secondary N) is 2. The van der Waals surface area contributed by atoms with E-state index < -0.39 is 0 Å². The minimum absolute atomic E-state index is 0. The number of aryl methyl sites for hydroxylation is 1. The van der Waals surface area contributed by atoms with Crippen LogP contribution in [-0.2, 0) is 13.1 Å². The van der Waals surface area contributed by atoms with Crippen molar-refractivity contribution >= 4 is 52.3 Å². The van der Waals surface area contributed by atoms with Crippen LogP contribution in [0.5, 0.6) is 0 Å². The van der Waals surface area contributed by atoms with Crippen LogP contribution >= 0.6 is 35.3 Å². The largest absolute Gasteiger partial charge is 0.356 e. The molecule has 1 aromatic carbocycles. The summed E-state index contributed by atoms with van der Waals surface area (Å²) in [6, 6.07) is 10.3. The second-order valence-corrected chi connectivity index (χ2v) is 6.04. The average molecular weight is 455 g/mol. The molecule has 0 spiro atoms. The van der Waals surface area contributed by atoms with Crippen molar-refractivity contribution in [2.24, 2.45) is 4.99 Å². The van der Waals surface area contributed by atoms with Crippen molar-refractivity contribution < 1.29 is 0 Å². The molecular weight excluding hydrogens is 433 g/mol. The first-order chi connectivity index (χ1) is 11.4. The van der Waals surface area contributed by atoms with Crippen LogP contribution in [0.15, 0.2) is 52.4 Å². The summed E-state index contributed by atoms with van der Waals surface area (Å²) in [4.78, 5) is 8.66. The lowest BCUT2D eigenvalue weighted by Crippen LogP contribution is -2.37. The van der Waals surface area contributed by atoms with E-state index >= 15 is 0 Å². The summed E-state index contributed by atoms with van der Waals surface area (Å²) >= 11 is 1.71. The van der Waals surface area contributed by atoms with Gasteiger partial charge < -0.3 is 15.2 Å². The van der Waals surface area contributed by atoms with Gasteiger partial charge in [-0.25, -0.2) is 4.98 Å². The van der Waals surface area contributed by atoms with E-state index in [0.717, 1.165) is 37.5 Å². The van der Waals surface area contributed by atoms with Crippen LogP contribution < -0.4 is 10.6 Å². The first kappa shape index (κ1) is 18.7. The third kappa shape index (κ3) is 4.94. The maximum atomic E-state index is 4.41. The topological polar surface area (TPSA) is 54.2 Å². The predicted octanol–water partition coefficient (Wildman–Crippen LogP) is 3.47. The Kier molecular flexibility index (Phi) is 7.51. The lowest BCUT2D eigenvalue weighted by atomic mass is 10.3. The summed E-state index contributed by atoms with van der Waals surface area (Å²) in [5.41, 5.74) is 3.52. The number of aromatic nitrogens is 2. The van der Waals surface area contributed by atoms with Crippen LogP contribution in [0.3, 0.4) is 0 Å². The Bertz CT molecular complexity index is 766. The quantitative estimate of drug-likeness (QED) is 0.259. The van der Waals surface area contributed by atoms with Crippen LogP contribution in [0.1, 0.15) is 12.0 Å². The first-order valence-electron chi connectivity index (χ1n) is 7.72. The van der Waals surface area contributed by atoms with Gasteiger partial charge in [0, 0.05) is 26.7 Å². The number of thiophene rings is 1. The molecule has 0 bridgehead atoms. The molecule has 0 unspecified atom stereocenters. The van der Waals surface area contributed by atoms with Crippen LogP contribution in [0.4, 0.5) is 0 Å². The number of benzene rings is 1. The third-order valence-corrected chi connectivity index (χ3v) is 4.39. The number of halogens is 1. The van der Waals surface area contributed by atoms with Gasteiger partial charge >= 0.3 is 0 Å². The molecule has 7 heteroatoms. The second-order valence-electron chi connectivity index (χ2n) is 5.26. The summed E-state index contributed by atoms with van der Waals surface area (Å²) in [6.45, 7) is 2.61. The molecule has 0 amide bonds. The van der Waals surface area contributed by atoms with E-state index in [-0.39, 0.29) is 24.0 Å². The Morgan fingerprint density at radius 1 is 1.25 bits per heavy atom. The Morgan fingerprint density at radius 3 is 2.92 bits per heavy atom. The third-order valence-electron chi connectivity index (χ3n) is 3.66. The fraction of sp³-hybridized carbons (Fsp3) is 0.294. The highest BCUT2D eigenvalue weighted by Crippen LogP contribution is 2.11. The van der Waals surface area contributed by atoms with Crippen molar-refractivity contribution in [3.63, 3.8) is 0 Å². The molecule has 0 radical (unpaired) electrons. The lowest BCUT2D eigenvalue weighted by Gasteiger charge is -2.11. The minimum Gasteiger partial charge on any atom is -0.356 e. The van der Waals surface area contributed by atoms with Gasteiger partial charge in [-0.3, -0.25) is 4.99 Å². The van der Waals surface area contributed by atoms with Crippen molar-refractivity contribution in [2.75, 3.05) is 13.6 Å². The zero-order chi connectivity index (χ0) is 15.9. The molecule has 24 heavy (non-hydrogen) atoms. The molecule has 0 aliphatic rings. The van der Waals surface area contributed by atoms with Gasteiger partial charge in [-0.1, -0.05) is 12.1 Å². The number of nitrogens with zero attached hydrogens (tertiary/aromatic N) is 3. The molecule has 2 N–H and O–H groups in total. The molecule has 3 rings (SSSR count). The number of hydrogen-bond donors (Lipinski definition) is 2. The molecule has 5 nitrogen and oxygen atoms in total. The van der Waals surface area contributed by atoms with Crippen LogP contribution in [-0.4, -0.2) is 29.1 Å². The summed E-state index contributed by atoms with van der Waals surface area (Å²) in [7, 11) is 1.80. The van der Waals surface area contributed by atoms with Gasteiger partial charge in [-0.05, 0) is 40.9 Å². The smallest absolute Gasteiger partial charge is 0.191 e. The number of fused-ring (bicyclic) bond motifs is 1. The molecule has 0 fully saturated rings. The van der Waals surface area contributed by atoms with Crippen molar-refractivity contribution in [2.45, 2.75) is 19.5 Å². The van der Waals surface area contributed by atoms with Crippen molar-refractivity contribution in [1.29, 1.82) is 0 Å². The van der Waals surface area contributed by atoms with Gasteiger partial charge in [0.25, 0.3) is 0 Å². The van der Waals surface area contributed by atoms with E-state index in [1.807, 2.05) is 18.5 Å². The molecule has 2 heterocycles. The Morgan fingerprint density at radius 2 is 2.12 bits per heavy atom. The Labute approximate surface area is 163 Å². The maximum Gasteiger partial charge on any atom is 0.191 e. The lowest BCUT2D eigenvalue weighted by molar-refractivity contribution is 0.637. The van der Waals surface area contributed by atoms with Crippen LogP contribution in [0, 0.1) is 0 Å². The zero-order valence-electron chi connectivity index (χ0n) is 13.6. The summed E-state index contributed by atoms with van der Waals surface area (Å²) < 4.78 is 2.19. The molecule has 3 aromatic rings. The molecule has 0 saturated heterocycles. The van der Waals surface area contributed by atoms with Gasteiger partial charge in [0.2, 0.25) is 0 Å². The van der Waals surface area contributed by atoms with E-state index in [2.05, 4.69) is 54.1 Å². The van der Waals surface area contributed by atoms with Crippen molar-refractivity contribution in [3.8, 4) is 0 Å². The average Bonchev–Trinajstić information content (AvgIpc) is 3.24. The molecule has 2 aromatic heterocycles. The summed E-state index contributed by atoms with van der Waals surface area (Å²) in [5.74, 6) is 0.840. The van der Waals surface area contributed by atoms with E-state index in [1.165, 1.54) is 11.1 Å². The zero-order valence-corrected chi connectivity index (χ0v) is 16.8. The highest BCUT2D eigenvalue weighted by Gasteiger charge is 2.02. The standard InChI is InChI=1S/C17H21N5S.HI/c1-18-17(20-11-14-7-10-23-12-14)19-8-4-9-22-13-21-15-5-2-3-6-16(15)22;/h2-3,5-7,10,12-13H,4,8-9,11H2,1H3,(H2,18,19,20);1H. The predicted molar refractivity (Wildman–Crippen MR) is 112 cm³/mol. The van der Waals surface area contributed by atoms with Crippen molar-refractivity contribution in [1.82, 2.24) is 20.2 Å². The van der Waals surface area contributed by atoms with Gasteiger partial charge in [0.05, 0.1) is 17.4 Å². The van der Waals surface area contributed by atoms with E-state index in [4.69, 9.17) is 0 Å². The highest BCUT2D eigenvalue weighted by atomic mass is 127. The van der Waals surface area contributed by atoms with Gasteiger partial charge in [0.1, 0.15) is 0 Å². The molecular formula is C17H22IN5S.